The monoisotopic (exact) mass is 682 g/mol. The number of benzene rings is 4. The molecule has 2 heterocycles. The zero-order valence-corrected chi connectivity index (χ0v) is 27.9. The highest BCUT2D eigenvalue weighted by molar-refractivity contribution is 5.89. The highest BCUT2D eigenvalue weighted by atomic mass is 16.6. The molecule has 2 N–H and O–H groups in total. The molecule has 0 spiro atoms. The number of para-hydroxylation sites is 2. The first kappa shape index (κ1) is 34.8. The van der Waals surface area contributed by atoms with Gasteiger partial charge in [-0.2, -0.15) is 0 Å². The van der Waals surface area contributed by atoms with Gasteiger partial charge in [0.15, 0.2) is 5.75 Å². The number of piperidine rings is 1. The summed E-state index contributed by atoms with van der Waals surface area (Å²) in [7, 11) is 1.68. The van der Waals surface area contributed by atoms with E-state index in [0.717, 1.165) is 27.6 Å². The third-order valence-electron chi connectivity index (χ3n) is 8.69. The van der Waals surface area contributed by atoms with Crippen molar-refractivity contribution in [2.45, 2.75) is 43.8 Å². The summed E-state index contributed by atoms with van der Waals surface area (Å²) in [6.07, 6.45) is 4.53. The molecule has 262 valence electrons. The topological polar surface area (TPSA) is 139 Å². The lowest BCUT2D eigenvalue weighted by Crippen LogP contribution is -2.51. The molecule has 0 radical (unpaired) electrons. The number of rotatable bonds is 17. The number of nitrogens with zero attached hydrogens (tertiary/aromatic N) is 3. The van der Waals surface area contributed by atoms with Crippen molar-refractivity contribution >= 4 is 16.5 Å². The quantitative estimate of drug-likeness (QED) is 0.0732. The second-order valence-electron chi connectivity index (χ2n) is 12.2. The van der Waals surface area contributed by atoms with Crippen LogP contribution in [0.2, 0.25) is 0 Å². The Labute approximate surface area is 290 Å². The van der Waals surface area contributed by atoms with Crippen LogP contribution in [0.3, 0.4) is 0 Å². The zero-order chi connectivity index (χ0) is 34.7. The molecule has 0 amide bonds. The smallest absolute Gasteiger partial charge is 0.310 e. The number of nitro groups is 1. The number of imidazole rings is 1. The van der Waals surface area contributed by atoms with Crippen molar-refractivity contribution in [2.75, 3.05) is 40.0 Å². The molecule has 50 heavy (non-hydrogen) atoms. The van der Waals surface area contributed by atoms with Crippen LogP contribution >= 0.6 is 0 Å². The number of nitrogens with one attached hydrogen (secondary N) is 1. The van der Waals surface area contributed by atoms with Crippen LogP contribution in [0.15, 0.2) is 104 Å². The average molecular weight is 683 g/mol. The zero-order valence-electron chi connectivity index (χ0n) is 27.9. The van der Waals surface area contributed by atoms with Gasteiger partial charge in [-0.05, 0) is 46.8 Å². The van der Waals surface area contributed by atoms with E-state index in [1.165, 1.54) is 6.07 Å². The molecule has 4 aromatic carbocycles. The minimum atomic E-state index is -0.705. The molecule has 6 rings (SSSR count). The Morgan fingerprint density at radius 2 is 1.72 bits per heavy atom. The van der Waals surface area contributed by atoms with Gasteiger partial charge in [-0.1, -0.05) is 48.5 Å². The molecule has 0 bridgehead atoms. The third kappa shape index (κ3) is 8.96. The van der Waals surface area contributed by atoms with Gasteiger partial charge in [0.25, 0.3) is 0 Å². The van der Waals surface area contributed by atoms with Gasteiger partial charge in [0.1, 0.15) is 11.5 Å². The summed E-state index contributed by atoms with van der Waals surface area (Å²) in [6.45, 7) is 2.82. The number of hydrogen-bond donors (Lipinski definition) is 2. The summed E-state index contributed by atoms with van der Waals surface area (Å²) in [5.74, 6) is 1.62. The standard InChI is InChI=1S/C38H42N4O8/c1-46-35-20-27(19-29-7-2-3-8-32(29)35)24-49-36-21-40-22-37(50-25-30(43)23-41-16-15-39-26-41)38(36)28-11-13-31(14-12-28)47-17-6-18-48-34-10-5-4-9-33(34)42(44)45/h2-5,7-16,19-20,26,30,36-38,40,43H,6,17-18,21-25H2,1H3/t30-,36+,37+,38-/m1/s1. The fraction of sp³-hybridized carbons (Fsp3) is 0.342. The molecule has 1 fully saturated rings. The van der Waals surface area contributed by atoms with Gasteiger partial charge in [-0.25, -0.2) is 4.98 Å². The van der Waals surface area contributed by atoms with Crippen LogP contribution in [-0.4, -0.2) is 77.9 Å². The predicted molar refractivity (Wildman–Crippen MR) is 188 cm³/mol. The molecular formula is C38H42N4O8. The minimum absolute atomic E-state index is 0.0591. The maximum Gasteiger partial charge on any atom is 0.310 e. The Balaban J connectivity index is 1.11. The maximum atomic E-state index is 11.2. The van der Waals surface area contributed by atoms with E-state index >= 15 is 0 Å². The number of methoxy groups -OCH3 is 1. The molecular weight excluding hydrogens is 640 g/mol. The Morgan fingerprint density at radius 3 is 2.50 bits per heavy atom. The fourth-order valence-electron chi connectivity index (χ4n) is 6.28. The second-order valence-corrected chi connectivity index (χ2v) is 12.2. The molecule has 12 nitrogen and oxygen atoms in total. The summed E-state index contributed by atoms with van der Waals surface area (Å²) in [6, 6.07) is 26.5. The Kier molecular flexibility index (Phi) is 11.9. The molecule has 1 aliphatic rings. The van der Waals surface area contributed by atoms with Crippen LogP contribution in [0.1, 0.15) is 23.5 Å². The van der Waals surface area contributed by atoms with E-state index in [1.54, 1.807) is 37.8 Å². The van der Waals surface area contributed by atoms with Crippen molar-refractivity contribution in [2.24, 2.45) is 0 Å². The highest BCUT2D eigenvalue weighted by Crippen LogP contribution is 2.33. The number of hydrogen-bond acceptors (Lipinski definition) is 10. The van der Waals surface area contributed by atoms with Gasteiger partial charge in [-0.15, -0.1) is 0 Å². The normalized spacial score (nSPS) is 18.1. The lowest BCUT2D eigenvalue weighted by atomic mass is 9.85. The number of aliphatic hydroxyl groups excluding tert-OH is 1. The first-order chi connectivity index (χ1) is 24.5. The number of aliphatic hydroxyl groups is 1. The lowest BCUT2D eigenvalue weighted by Gasteiger charge is -2.39. The number of fused-ring (bicyclic) bond motifs is 1. The van der Waals surface area contributed by atoms with Crippen LogP contribution in [0, 0.1) is 10.1 Å². The molecule has 0 saturated carbocycles. The SMILES string of the molecule is COc1cc(CO[C@H]2CNC[C@H](OC[C@H](O)Cn3ccnc3)[C@@H]2c2ccc(OCCCOc3ccccc3[N+](=O)[O-])cc2)cc2ccccc12. The number of nitro benzene ring substituents is 1. The summed E-state index contributed by atoms with van der Waals surface area (Å²) in [5.41, 5.74) is 1.98. The van der Waals surface area contributed by atoms with Crippen molar-refractivity contribution in [1.29, 1.82) is 0 Å². The van der Waals surface area contributed by atoms with Crippen molar-refractivity contribution in [3.63, 3.8) is 0 Å². The van der Waals surface area contributed by atoms with Gasteiger partial charge in [0.05, 0.1) is 69.6 Å². The Morgan fingerprint density at radius 1 is 0.960 bits per heavy atom. The van der Waals surface area contributed by atoms with Gasteiger partial charge in [0, 0.05) is 49.3 Å². The maximum absolute atomic E-state index is 11.2. The number of ether oxygens (including phenoxy) is 5. The van der Waals surface area contributed by atoms with Crippen LogP contribution in [0.25, 0.3) is 10.8 Å². The van der Waals surface area contributed by atoms with E-state index in [1.807, 2.05) is 59.3 Å². The summed E-state index contributed by atoms with van der Waals surface area (Å²) in [5, 5.41) is 27.6. The van der Waals surface area contributed by atoms with Crippen LogP contribution < -0.4 is 19.5 Å². The summed E-state index contributed by atoms with van der Waals surface area (Å²) >= 11 is 0. The van der Waals surface area contributed by atoms with Crippen LogP contribution in [0.5, 0.6) is 17.2 Å². The largest absolute Gasteiger partial charge is 0.496 e. The van der Waals surface area contributed by atoms with E-state index < -0.39 is 11.0 Å². The molecule has 12 heteroatoms. The van der Waals surface area contributed by atoms with Gasteiger partial charge < -0.3 is 38.7 Å². The van der Waals surface area contributed by atoms with E-state index in [4.69, 9.17) is 23.7 Å². The van der Waals surface area contributed by atoms with Gasteiger partial charge in [-0.3, -0.25) is 10.1 Å². The van der Waals surface area contributed by atoms with Crippen molar-refractivity contribution in [1.82, 2.24) is 14.9 Å². The minimum Gasteiger partial charge on any atom is -0.496 e. The van der Waals surface area contributed by atoms with Crippen molar-refractivity contribution in [3.8, 4) is 17.2 Å². The van der Waals surface area contributed by atoms with Gasteiger partial charge >= 0.3 is 5.69 Å². The second kappa shape index (κ2) is 17.1. The van der Waals surface area contributed by atoms with Crippen molar-refractivity contribution in [3.05, 3.63) is 125 Å². The lowest BCUT2D eigenvalue weighted by molar-refractivity contribution is -0.385. The van der Waals surface area contributed by atoms with E-state index in [9.17, 15) is 15.2 Å². The molecule has 0 aliphatic carbocycles. The number of aromatic nitrogens is 2. The fourth-order valence-corrected chi connectivity index (χ4v) is 6.28. The van der Waals surface area contributed by atoms with Crippen LogP contribution in [0.4, 0.5) is 5.69 Å². The van der Waals surface area contributed by atoms with Gasteiger partial charge in [0.2, 0.25) is 0 Å². The van der Waals surface area contributed by atoms with E-state index in [0.29, 0.717) is 45.0 Å². The van der Waals surface area contributed by atoms with Crippen LogP contribution in [-0.2, 0) is 22.6 Å². The Hall–Kier alpha value is -5.01. The summed E-state index contributed by atoms with van der Waals surface area (Å²) in [4.78, 5) is 14.8. The van der Waals surface area contributed by atoms with E-state index in [2.05, 4.69) is 22.4 Å². The third-order valence-corrected chi connectivity index (χ3v) is 8.69. The Bertz CT molecular complexity index is 1820. The predicted octanol–water partition coefficient (Wildman–Crippen LogP) is 5.52. The molecule has 4 atom stereocenters. The first-order valence-corrected chi connectivity index (χ1v) is 16.7. The average Bonchev–Trinajstić information content (AvgIpc) is 3.66. The van der Waals surface area contributed by atoms with Crippen molar-refractivity contribution < 1.29 is 33.7 Å². The van der Waals surface area contributed by atoms with E-state index in [-0.39, 0.29) is 42.8 Å². The highest BCUT2D eigenvalue weighted by Gasteiger charge is 2.36. The molecule has 1 saturated heterocycles. The molecule has 1 aliphatic heterocycles. The molecule has 5 aromatic rings. The summed E-state index contributed by atoms with van der Waals surface area (Å²) < 4.78 is 32.1. The first-order valence-electron chi connectivity index (χ1n) is 16.7. The molecule has 0 unspecified atom stereocenters. The molecule has 1 aromatic heterocycles.